The number of carbonyl (C=O) groups is 2. The van der Waals surface area contributed by atoms with Crippen molar-refractivity contribution in [3.8, 4) is 0 Å². The van der Waals surface area contributed by atoms with Gasteiger partial charge in [0.1, 0.15) is 11.6 Å². The summed E-state index contributed by atoms with van der Waals surface area (Å²) in [7, 11) is 1.55. The summed E-state index contributed by atoms with van der Waals surface area (Å²) in [5, 5.41) is 8.97. The predicted molar refractivity (Wildman–Crippen MR) is 71.0 cm³/mol. The van der Waals surface area contributed by atoms with Gasteiger partial charge in [-0.25, -0.2) is 0 Å². The number of hydrogen-bond acceptors (Lipinski definition) is 4. The first kappa shape index (κ1) is 15.9. The van der Waals surface area contributed by atoms with Crippen LogP contribution in [-0.2, 0) is 14.3 Å². The number of carboxylic acid groups (broad SMARTS) is 1. The van der Waals surface area contributed by atoms with E-state index in [1.165, 1.54) is 0 Å². The molecule has 1 N–H and O–H groups in total. The Bertz CT molecular complexity index is 334. The average molecular weight is 272 g/mol. The number of methoxy groups -OCH3 is 1. The van der Waals surface area contributed by atoms with Crippen molar-refractivity contribution in [2.45, 2.75) is 38.8 Å². The second-order valence-corrected chi connectivity index (χ2v) is 5.13. The lowest BCUT2D eigenvalue weighted by Gasteiger charge is -2.40. The van der Waals surface area contributed by atoms with Gasteiger partial charge in [-0.2, -0.15) is 0 Å². The van der Waals surface area contributed by atoms with E-state index in [9.17, 15) is 9.59 Å². The van der Waals surface area contributed by atoms with Crippen LogP contribution in [0.2, 0.25) is 0 Å². The highest BCUT2D eigenvalue weighted by molar-refractivity contribution is 5.85. The first-order valence-corrected chi connectivity index (χ1v) is 6.67. The molecule has 19 heavy (non-hydrogen) atoms. The Morgan fingerprint density at radius 2 is 1.84 bits per heavy atom. The molecule has 2 atom stereocenters. The largest absolute Gasteiger partial charge is 0.480 e. The molecule has 1 heterocycles. The molecule has 0 saturated carbocycles. The molecule has 1 fully saturated rings. The van der Waals surface area contributed by atoms with Crippen molar-refractivity contribution in [1.82, 2.24) is 9.80 Å². The first-order chi connectivity index (χ1) is 8.85. The van der Waals surface area contributed by atoms with Gasteiger partial charge in [0.25, 0.3) is 5.91 Å². The van der Waals surface area contributed by atoms with Crippen molar-refractivity contribution in [2.24, 2.45) is 0 Å². The van der Waals surface area contributed by atoms with Crippen molar-refractivity contribution < 1.29 is 19.4 Å². The van der Waals surface area contributed by atoms with Gasteiger partial charge in [0, 0.05) is 33.3 Å². The quantitative estimate of drug-likeness (QED) is 0.785. The molecule has 0 aromatic rings. The van der Waals surface area contributed by atoms with Gasteiger partial charge in [-0.15, -0.1) is 0 Å². The van der Waals surface area contributed by atoms with Gasteiger partial charge in [0.2, 0.25) is 0 Å². The van der Waals surface area contributed by atoms with Crippen LogP contribution < -0.4 is 0 Å². The van der Waals surface area contributed by atoms with Gasteiger partial charge < -0.3 is 14.7 Å². The Balaban J connectivity index is 2.59. The monoisotopic (exact) mass is 272 g/mol. The summed E-state index contributed by atoms with van der Waals surface area (Å²) in [5.74, 6) is -0.838. The van der Waals surface area contributed by atoms with Crippen molar-refractivity contribution in [3.05, 3.63) is 0 Å². The zero-order valence-electron chi connectivity index (χ0n) is 12.2. The lowest BCUT2D eigenvalue weighted by molar-refractivity contribution is -0.156. The summed E-state index contributed by atoms with van der Waals surface area (Å²) in [4.78, 5) is 26.9. The first-order valence-electron chi connectivity index (χ1n) is 6.67. The second-order valence-electron chi connectivity index (χ2n) is 5.13. The maximum atomic E-state index is 12.4. The van der Waals surface area contributed by atoms with E-state index in [1.807, 2.05) is 11.8 Å². The van der Waals surface area contributed by atoms with E-state index in [2.05, 4.69) is 0 Å². The number of rotatable bonds is 5. The summed E-state index contributed by atoms with van der Waals surface area (Å²) in [6.07, 6.45) is 0.619. The number of carboxylic acids is 1. The lowest BCUT2D eigenvalue weighted by Crippen LogP contribution is -2.57. The fourth-order valence-electron chi connectivity index (χ4n) is 2.19. The van der Waals surface area contributed by atoms with E-state index in [-0.39, 0.29) is 5.91 Å². The fourth-order valence-corrected chi connectivity index (χ4v) is 2.19. The Morgan fingerprint density at radius 3 is 2.21 bits per heavy atom. The second kappa shape index (κ2) is 6.34. The molecule has 1 rings (SSSR count). The molecule has 110 valence electrons. The molecular weight excluding hydrogens is 248 g/mol. The van der Waals surface area contributed by atoms with Crippen molar-refractivity contribution in [1.29, 1.82) is 0 Å². The number of nitrogens with zero attached hydrogens (tertiary/aromatic N) is 2. The molecule has 6 nitrogen and oxygen atoms in total. The highest BCUT2D eigenvalue weighted by Crippen LogP contribution is 2.19. The molecule has 0 aromatic heterocycles. The number of hydrogen-bond donors (Lipinski definition) is 1. The number of ether oxygens (including phenoxy) is 1. The third-order valence-electron chi connectivity index (χ3n) is 4.08. The lowest BCUT2D eigenvalue weighted by atomic mass is 10.0. The van der Waals surface area contributed by atoms with Crippen molar-refractivity contribution in [2.75, 3.05) is 33.3 Å². The topological polar surface area (TPSA) is 70.1 Å². The summed E-state index contributed by atoms with van der Waals surface area (Å²) in [6, 6.07) is -0.503. The van der Waals surface area contributed by atoms with Gasteiger partial charge in [0.05, 0.1) is 0 Å². The minimum atomic E-state index is -0.824. The molecule has 1 aliphatic heterocycles. The van der Waals surface area contributed by atoms with Gasteiger partial charge in [0.15, 0.2) is 0 Å². The van der Waals surface area contributed by atoms with Crippen LogP contribution in [0.3, 0.4) is 0 Å². The van der Waals surface area contributed by atoms with Crippen LogP contribution in [0.4, 0.5) is 0 Å². The highest BCUT2D eigenvalue weighted by Gasteiger charge is 2.37. The number of aliphatic carboxylic acids is 1. The van der Waals surface area contributed by atoms with E-state index >= 15 is 0 Å². The molecule has 2 unspecified atom stereocenters. The highest BCUT2D eigenvalue weighted by atomic mass is 16.5. The van der Waals surface area contributed by atoms with E-state index in [0.717, 1.165) is 0 Å². The maximum Gasteiger partial charge on any atom is 0.320 e. The van der Waals surface area contributed by atoms with Crippen LogP contribution in [0.1, 0.15) is 27.2 Å². The van der Waals surface area contributed by atoms with Crippen LogP contribution in [0, 0.1) is 0 Å². The molecule has 1 amide bonds. The van der Waals surface area contributed by atoms with Crippen LogP contribution in [0.5, 0.6) is 0 Å². The summed E-state index contributed by atoms with van der Waals surface area (Å²) in [5.41, 5.74) is -0.777. The summed E-state index contributed by atoms with van der Waals surface area (Å²) in [6.45, 7) is 7.66. The van der Waals surface area contributed by atoms with Gasteiger partial charge in [-0.3, -0.25) is 14.5 Å². The Kier molecular flexibility index (Phi) is 5.31. The zero-order valence-corrected chi connectivity index (χ0v) is 12.2. The predicted octanol–water partition coefficient (Wildman–Crippen LogP) is 0.419. The molecular formula is C13H24N2O4. The molecule has 0 radical (unpaired) electrons. The zero-order chi connectivity index (χ0) is 14.6. The molecule has 6 heteroatoms. The van der Waals surface area contributed by atoms with Crippen LogP contribution in [0.15, 0.2) is 0 Å². The SMILES string of the molecule is CCC(C)(OC)C(=O)N1CCN(C(C)C(=O)O)CC1. The van der Waals surface area contributed by atoms with Crippen LogP contribution in [0.25, 0.3) is 0 Å². The van der Waals surface area contributed by atoms with Gasteiger partial charge >= 0.3 is 5.97 Å². The smallest absolute Gasteiger partial charge is 0.320 e. The molecule has 0 spiro atoms. The number of carbonyl (C=O) groups excluding carboxylic acids is 1. The van der Waals surface area contributed by atoms with Gasteiger partial charge in [-0.05, 0) is 20.3 Å². The third-order valence-corrected chi connectivity index (χ3v) is 4.08. The Morgan fingerprint density at radius 1 is 1.32 bits per heavy atom. The number of amides is 1. The van der Waals surface area contributed by atoms with E-state index < -0.39 is 17.6 Å². The number of piperazine rings is 1. The molecule has 0 aromatic carbocycles. The standard InChI is InChI=1S/C13H24N2O4/c1-5-13(3,19-4)12(18)15-8-6-14(7-9-15)10(2)11(16)17/h10H,5-9H2,1-4H3,(H,16,17). The van der Waals surface area contributed by atoms with E-state index in [0.29, 0.717) is 32.6 Å². The van der Waals surface area contributed by atoms with Crippen LogP contribution in [-0.4, -0.2) is 71.7 Å². The Labute approximate surface area is 114 Å². The van der Waals surface area contributed by atoms with E-state index in [4.69, 9.17) is 9.84 Å². The molecule has 1 saturated heterocycles. The summed E-state index contributed by atoms with van der Waals surface area (Å²) < 4.78 is 5.32. The van der Waals surface area contributed by atoms with Crippen molar-refractivity contribution in [3.63, 3.8) is 0 Å². The Hall–Kier alpha value is -1.14. The minimum Gasteiger partial charge on any atom is -0.480 e. The van der Waals surface area contributed by atoms with Gasteiger partial charge in [-0.1, -0.05) is 6.92 Å². The normalized spacial score (nSPS) is 21.8. The third kappa shape index (κ3) is 3.45. The minimum absolute atomic E-state index is 0.0138. The van der Waals surface area contributed by atoms with Crippen LogP contribution >= 0.6 is 0 Å². The van der Waals surface area contributed by atoms with E-state index in [1.54, 1.807) is 25.9 Å². The summed E-state index contributed by atoms with van der Waals surface area (Å²) >= 11 is 0. The maximum absolute atomic E-state index is 12.4. The molecule has 0 bridgehead atoms. The average Bonchev–Trinajstić information content (AvgIpc) is 2.44. The molecule has 1 aliphatic rings. The fraction of sp³-hybridized carbons (Fsp3) is 0.846. The molecule has 0 aliphatic carbocycles. The van der Waals surface area contributed by atoms with Crippen molar-refractivity contribution >= 4 is 11.9 Å².